The van der Waals surface area contributed by atoms with E-state index in [0.717, 1.165) is 35.6 Å². The van der Waals surface area contributed by atoms with Gasteiger partial charge in [-0.2, -0.15) is 17.0 Å². The third-order valence-electron chi connectivity index (χ3n) is 3.24. The molecule has 1 heterocycles. The van der Waals surface area contributed by atoms with Gasteiger partial charge in [-0.3, -0.25) is 0 Å². The second-order valence-corrected chi connectivity index (χ2v) is 6.21. The smallest absolute Gasteiger partial charge is 0.111 e. The molecule has 0 saturated heterocycles. The second-order valence-electron chi connectivity index (χ2n) is 4.92. The number of fused-ring (bicyclic) bond motifs is 1. The quantitative estimate of drug-likeness (QED) is 0.764. The minimum atomic E-state index is 0.544. The first kappa shape index (κ1) is 15.2. The monoisotopic (exact) mass is 307 g/mol. The van der Waals surface area contributed by atoms with Crippen molar-refractivity contribution in [2.75, 3.05) is 17.9 Å². The predicted octanol–water partition coefficient (Wildman–Crippen LogP) is 3.69. The molecule has 0 N–H and O–H groups in total. The van der Waals surface area contributed by atoms with E-state index < -0.39 is 0 Å². The number of benzene rings is 1. The summed E-state index contributed by atoms with van der Waals surface area (Å²) in [6, 6.07) is 7.99. The van der Waals surface area contributed by atoms with Gasteiger partial charge in [0.25, 0.3) is 0 Å². The van der Waals surface area contributed by atoms with E-state index in [4.69, 9.17) is 11.6 Å². The summed E-state index contributed by atoms with van der Waals surface area (Å²) >= 11 is 7.74. The number of halogens is 1. The summed E-state index contributed by atoms with van der Waals surface area (Å²) < 4.78 is 2.22. The maximum atomic E-state index is 9.20. The molecule has 0 fully saturated rings. The van der Waals surface area contributed by atoms with E-state index in [0.29, 0.717) is 17.4 Å². The first-order chi connectivity index (χ1) is 9.71. The normalized spacial score (nSPS) is 12.5. The SMILES string of the molecule is CSCC(C)Cn1c(CCCl)nc2c(C#N)cccc21. The largest absolute Gasteiger partial charge is 0.328 e. The fraction of sp³-hybridized carbons (Fsp3) is 0.467. The minimum absolute atomic E-state index is 0.544. The number of alkyl halides is 1. The molecule has 1 unspecified atom stereocenters. The summed E-state index contributed by atoms with van der Waals surface area (Å²) in [5, 5.41) is 9.20. The van der Waals surface area contributed by atoms with Gasteiger partial charge in [-0.05, 0) is 30.1 Å². The van der Waals surface area contributed by atoms with Crippen LogP contribution >= 0.6 is 23.4 Å². The summed E-state index contributed by atoms with van der Waals surface area (Å²) in [4.78, 5) is 4.64. The molecule has 0 radical (unpaired) electrons. The van der Waals surface area contributed by atoms with Crippen molar-refractivity contribution in [1.82, 2.24) is 9.55 Å². The molecule has 1 atom stereocenters. The van der Waals surface area contributed by atoms with Crippen LogP contribution in [-0.4, -0.2) is 27.4 Å². The Balaban J connectivity index is 2.49. The number of aryl methyl sites for hydroxylation is 1. The Kier molecular flexibility index (Phi) is 5.33. The second kappa shape index (κ2) is 7.01. The molecule has 0 aliphatic rings. The zero-order valence-electron chi connectivity index (χ0n) is 11.8. The maximum Gasteiger partial charge on any atom is 0.111 e. The molecule has 0 aliphatic heterocycles. The van der Waals surface area contributed by atoms with Gasteiger partial charge in [0.15, 0.2) is 0 Å². The first-order valence-corrected chi connectivity index (χ1v) is 8.57. The lowest BCUT2D eigenvalue weighted by Gasteiger charge is -2.14. The highest BCUT2D eigenvalue weighted by Gasteiger charge is 2.15. The molecule has 106 valence electrons. The Bertz CT molecular complexity index is 630. The van der Waals surface area contributed by atoms with Gasteiger partial charge in [0.2, 0.25) is 0 Å². The number of para-hydroxylation sites is 1. The van der Waals surface area contributed by atoms with Gasteiger partial charge in [-0.15, -0.1) is 11.6 Å². The summed E-state index contributed by atoms with van der Waals surface area (Å²) in [7, 11) is 0. The van der Waals surface area contributed by atoms with E-state index in [1.807, 2.05) is 30.0 Å². The highest BCUT2D eigenvalue weighted by atomic mass is 35.5. The Morgan fingerprint density at radius 1 is 1.50 bits per heavy atom. The van der Waals surface area contributed by atoms with E-state index in [-0.39, 0.29) is 0 Å². The summed E-state index contributed by atoms with van der Waals surface area (Å²) in [6.45, 7) is 3.15. The lowest BCUT2D eigenvalue weighted by atomic mass is 10.2. The zero-order valence-corrected chi connectivity index (χ0v) is 13.3. The molecule has 2 rings (SSSR count). The molecule has 20 heavy (non-hydrogen) atoms. The molecular weight excluding hydrogens is 290 g/mol. The van der Waals surface area contributed by atoms with Crippen LogP contribution in [-0.2, 0) is 13.0 Å². The Labute approximate surface area is 128 Å². The Hall–Kier alpha value is -1.18. The standard InChI is InChI=1S/C15H18ClN3S/c1-11(10-20-2)9-19-13-5-3-4-12(8-17)15(13)18-14(19)6-7-16/h3-5,11H,6-7,9-10H2,1-2H3. The highest BCUT2D eigenvalue weighted by molar-refractivity contribution is 7.98. The van der Waals surface area contributed by atoms with Gasteiger partial charge >= 0.3 is 0 Å². The van der Waals surface area contributed by atoms with E-state index in [1.165, 1.54) is 0 Å². The number of rotatable bonds is 6. The van der Waals surface area contributed by atoms with Gasteiger partial charge in [-0.1, -0.05) is 13.0 Å². The Morgan fingerprint density at radius 2 is 2.30 bits per heavy atom. The van der Waals surface area contributed by atoms with E-state index in [9.17, 15) is 5.26 Å². The van der Waals surface area contributed by atoms with Crippen LogP contribution in [0, 0.1) is 17.2 Å². The van der Waals surface area contributed by atoms with Crippen molar-refractivity contribution in [3.05, 3.63) is 29.6 Å². The average molecular weight is 308 g/mol. The van der Waals surface area contributed by atoms with Gasteiger partial charge in [0.05, 0.1) is 11.1 Å². The number of hydrogen-bond donors (Lipinski definition) is 0. The predicted molar refractivity (Wildman–Crippen MR) is 86.4 cm³/mol. The Morgan fingerprint density at radius 3 is 2.95 bits per heavy atom. The molecule has 0 bridgehead atoms. The number of nitriles is 1. The molecule has 5 heteroatoms. The van der Waals surface area contributed by atoms with Crippen LogP contribution < -0.4 is 0 Å². The lowest BCUT2D eigenvalue weighted by Crippen LogP contribution is -2.13. The molecule has 0 saturated carbocycles. The number of aromatic nitrogens is 2. The van der Waals surface area contributed by atoms with Gasteiger partial charge in [-0.25, -0.2) is 4.98 Å². The molecule has 0 spiro atoms. The van der Waals surface area contributed by atoms with Crippen LogP contribution in [0.4, 0.5) is 0 Å². The van der Waals surface area contributed by atoms with Crippen LogP contribution in [0.15, 0.2) is 18.2 Å². The van der Waals surface area contributed by atoms with Crippen molar-refractivity contribution < 1.29 is 0 Å². The van der Waals surface area contributed by atoms with E-state index in [2.05, 4.69) is 28.8 Å². The number of thioether (sulfide) groups is 1. The van der Waals surface area contributed by atoms with Crippen molar-refractivity contribution in [3.8, 4) is 6.07 Å². The van der Waals surface area contributed by atoms with Crippen molar-refractivity contribution >= 4 is 34.4 Å². The van der Waals surface area contributed by atoms with Crippen LogP contribution in [0.2, 0.25) is 0 Å². The van der Waals surface area contributed by atoms with Crippen LogP contribution in [0.3, 0.4) is 0 Å². The van der Waals surface area contributed by atoms with Crippen LogP contribution in [0.5, 0.6) is 0 Å². The molecule has 0 aliphatic carbocycles. The van der Waals surface area contributed by atoms with Gasteiger partial charge < -0.3 is 4.57 Å². The minimum Gasteiger partial charge on any atom is -0.328 e. The summed E-state index contributed by atoms with van der Waals surface area (Å²) in [6.07, 6.45) is 2.85. The maximum absolute atomic E-state index is 9.20. The van der Waals surface area contributed by atoms with Crippen LogP contribution in [0.25, 0.3) is 11.0 Å². The molecule has 0 amide bonds. The molecule has 3 nitrogen and oxygen atoms in total. The third kappa shape index (κ3) is 3.11. The summed E-state index contributed by atoms with van der Waals surface area (Å²) in [5.41, 5.74) is 2.47. The fourth-order valence-corrected chi connectivity index (χ4v) is 3.26. The molecule has 1 aromatic heterocycles. The van der Waals surface area contributed by atoms with Gasteiger partial charge in [0, 0.05) is 18.8 Å². The van der Waals surface area contributed by atoms with Gasteiger partial charge in [0.1, 0.15) is 17.4 Å². The van der Waals surface area contributed by atoms with Crippen LogP contribution in [0.1, 0.15) is 18.3 Å². The number of nitrogens with zero attached hydrogens (tertiary/aromatic N) is 3. The molecule has 1 aromatic carbocycles. The number of hydrogen-bond acceptors (Lipinski definition) is 3. The van der Waals surface area contributed by atoms with E-state index in [1.54, 1.807) is 0 Å². The topological polar surface area (TPSA) is 41.6 Å². The average Bonchev–Trinajstić information content (AvgIpc) is 2.77. The summed E-state index contributed by atoms with van der Waals surface area (Å²) in [5.74, 6) is 3.19. The van der Waals surface area contributed by atoms with Crippen molar-refractivity contribution in [1.29, 1.82) is 5.26 Å². The fourth-order valence-electron chi connectivity index (χ4n) is 2.41. The van der Waals surface area contributed by atoms with E-state index >= 15 is 0 Å². The van der Waals surface area contributed by atoms with Crippen molar-refractivity contribution in [3.63, 3.8) is 0 Å². The lowest BCUT2D eigenvalue weighted by molar-refractivity contribution is 0.526. The van der Waals surface area contributed by atoms with Crippen molar-refractivity contribution in [2.24, 2.45) is 5.92 Å². The number of imidazole rings is 1. The highest BCUT2D eigenvalue weighted by Crippen LogP contribution is 2.22. The van der Waals surface area contributed by atoms with Crippen molar-refractivity contribution in [2.45, 2.75) is 19.9 Å². The third-order valence-corrected chi connectivity index (χ3v) is 4.33. The molecule has 2 aromatic rings. The molecular formula is C15H18ClN3S. The first-order valence-electron chi connectivity index (χ1n) is 6.64. The zero-order chi connectivity index (χ0) is 14.5.